The number of carbonyl (C=O) groups is 1. The average molecular weight is 323 g/mol. The Morgan fingerprint density at radius 3 is 2.40 bits per heavy atom. The third-order valence-corrected chi connectivity index (χ3v) is 4.37. The second-order valence-corrected chi connectivity index (χ2v) is 7.81. The van der Waals surface area contributed by atoms with E-state index in [0.717, 1.165) is 25.8 Å². The van der Waals surface area contributed by atoms with Gasteiger partial charge in [-0.2, -0.15) is 0 Å². The van der Waals surface area contributed by atoms with Crippen LogP contribution in [0.25, 0.3) is 0 Å². The van der Waals surface area contributed by atoms with Gasteiger partial charge in [-0.3, -0.25) is 4.79 Å². The van der Waals surface area contributed by atoms with Crippen LogP contribution in [0.1, 0.15) is 39.0 Å². The van der Waals surface area contributed by atoms with Crippen LogP contribution in [-0.4, -0.2) is 34.7 Å². The number of alkyl halides is 1. The molecule has 2 nitrogen and oxygen atoms in total. The van der Waals surface area contributed by atoms with E-state index in [9.17, 15) is 4.79 Å². The Kier molecular flexibility index (Phi) is 5.03. The third-order valence-electron chi connectivity index (χ3n) is 3.29. The first-order valence-electron chi connectivity index (χ1n) is 5.77. The highest BCUT2D eigenvalue weighted by Gasteiger charge is 2.31. The zero-order chi connectivity index (χ0) is 11.5. The summed E-state index contributed by atoms with van der Waals surface area (Å²) in [6, 6.07) is 0. The van der Waals surface area contributed by atoms with E-state index in [4.69, 9.17) is 0 Å². The molecule has 0 aromatic carbocycles. The molecule has 0 aromatic heterocycles. The Morgan fingerprint density at radius 1 is 1.40 bits per heavy atom. The van der Waals surface area contributed by atoms with E-state index in [0.29, 0.717) is 15.1 Å². The second-order valence-electron chi connectivity index (χ2n) is 5.21. The van der Waals surface area contributed by atoms with Gasteiger partial charge in [-0.05, 0) is 39.8 Å². The SMILES string of the molecule is CN(C)CCC(=O)C1CCC(C)(I)CC1. The summed E-state index contributed by atoms with van der Waals surface area (Å²) < 4.78 is 0.441. The Morgan fingerprint density at radius 2 is 1.93 bits per heavy atom. The van der Waals surface area contributed by atoms with E-state index in [-0.39, 0.29) is 0 Å². The fraction of sp³-hybridized carbons (Fsp3) is 0.917. The fourth-order valence-electron chi connectivity index (χ4n) is 2.08. The maximum absolute atomic E-state index is 11.9. The number of halogens is 1. The lowest BCUT2D eigenvalue weighted by molar-refractivity contribution is -0.124. The van der Waals surface area contributed by atoms with Crippen LogP contribution in [0, 0.1) is 5.92 Å². The topological polar surface area (TPSA) is 20.3 Å². The lowest BCUT2D eigenvalue weighted by Crippen LogP contribution is -2.29. The van der Waals surface area contributed by atoms with Crippen molar-refractivity contribution in [1.82, 2.24) is 4.90 Å². The van der Waals surface area contributed by atoms with Crippen molar-refractivity contribution in [3.63, 3.8) is 0 Å². The molecule has 1 rings (SSSR count). The predicted octanol–water partition coefficient (Wildman–Crippen LogP) is 2.89. The first-order valence-corrected chi connectivity index (χ1v) is 6.85. The fourth-order valence-corrected chi connectivity index (χ4v) is 2.70. The number of hydrogen-bond donors (Lipinski definition) is 0. The van der Waals surface area contributed by atoms with Gasteiger partial charge in [0.15, 0.2) is 0 Å². The van der Waals surface area contributed by atoms with E-state index in [1.54, 1.807) is 0 Å². The van der Waals surface area contributed by atoms with Gasteiger partial charge < -0.3 is 4.90 Å². The van der Waals surface area contributed by atoms with Gasteiger partial charge in [0.05, 0.1) is 0 Å². The molecule has 0 radical (unpaired) electrons. The van der Waals surface area contributed by atoms with Gasteiger partial charge in [0.25, 0.3) is 0 Å². The molecule has 1 fully saturated rings. The van der Waals surface area contributed by atoms with Gasteiger partial charge in [-0.15, -0.1) is 0 Å². The predicted molar refractivity (Wildman–Crippen MR) is 72.6 cm³/mol. The average Bonchev–Trinajstić information content (AvgIpc) is 2.14. The molecule has 88 valence electrons. The van der Waals surface area contributed by atoms with Crippen LogP contribution in [0.2, 0.25) is 0 Å². The summed E-state index contributed by atoms with van der Waals surface area (Å²) in [5.41, 5.74) is 0. The molecular formula is C12H22INO. The zero-order valence-electron chi connectivity index (χ0n) is 10.1. The molecule has 0 saturated heterocycles. The number of ketones is 1. The minimum Gasteiger partial charge on any atom is -0.309 e. The molecular weight excluding hydrogens is 301 g/mol. The van der Waals surface area contributed by atoms with Gasteiger partial charge >= 0.3 is 0 Å². The summed E-state index contributed by atoms with van der Waals surface area (Å²) in [4.78, 5) is 14.0. The van der Waals surface area contributed by atoms with Crippen molar-refractivity contribution in [2.24, 2.45) is 5.92 Å². The van der Waals surface area contributed by atoms with Crippen LogP contribution < -0.4 is 0 Å². The molecule has 0 spiro atoms. The molecule has 0 aromatic rings. The normalized spacial score (nSPS) is 31.9. The summed E-state index contributed by atoms with van der Waals surface area (Å²) in [6.45, 7) is 3.20. The van der Waals surface area contributed by atoms with Gasteiger partial charge in [0.2, 0.25) is 0 Å². The van der Waals surface area contributed by atoms with E-state index >= 15 is 0 Å². The molecule has 0 unspecified atom stereocenters. The van der Waals surface area contributed by atoms with Crippen molar-refractivity contribution in [2.75, 3.05) is 20.6 Å². The van der Waals surface area contributed by atoms with Crippen molar-refractivity contribution < 1.29 is 4.79 Å². The van der Waals surface area contributed by atoms with Crippen LogP contribution in [0.4, 0.5) is 0 Å². The highest BCUT2D eigenvalue weighted by Crippen LogP contribution is 2.38. The molecule has 3 heteroatoms. The minimum atomic E-state index is 0.354. The zero-order valence-corrected chi connectivity index (χ0v) is 12.2. The smallest absolute Gasteiger partial charge is 0.137 e. The Hall–Kier alpha value is 0.360. The molecule has 0 heterocycles. The first-order chi connectivity index (χ1) is 6.91. The first kappa shape index (κ1) is 13.4. The van der Waals surface area contributed by atoms with Crippen molar-refractivity contribution in [1.29, 1.82) is 0 Å². The van der Waals surface area contributed by atoms with Gasteiger partial charge in [0, 0.05) is 22.3 Å². The van der Waals surface area contributed by atoms with Gasteiger partial charge in [-0.1, -0.05) is 29.5 Å². The lowest BCUT2D eigenvalue weighted by atomic mass is 9.80. The number of carbonyl (C=O) groups excluding carboxylic acids is 1. The summed E-state index contributed by atoms with van der Waals surface area (Å²) in [7, 11) is 4.05. The Bertz CT molecular complexity index is 216. The highest BCUT2D eigenvalue weighted by molar-refractivity contribution is 14.1. The van der Waals surface area contributed by atoms with Crippen LogP contribution in [-0.2, 0) is 4.79 Å². The second kappa shape index (κ2) is 5.62. The van der Waals surface area contributed by atoms with E-state index in [1.807, 2.05) is 14.1 Å². The lowest BCUT2D eigenvalue weighted by Gasteiger charge is -2.32. The maximum atomic E-state index is 11.9. The van der Waals surface area contributed by atoms with Crippen molar-refractivity contribution in [3.05, 3.63) is 0 Å². The third kappa shape index (κ3) is 4.81. The Labute approximate surface area is 107 Å². The van der Waals surface area contributed by atoms with Crippen molar-refractivity contribution in [2.45, 2.75) is 42.4 Å². The molecule has 15 heavy (non-hydrogen) atoms. The molecule has 1 aliphatic rings. The van der Waals surface area contributed by atoms with Gasteiger partial charge in [0.1, 0.15) is 5.78 Å². The highest BCUT2D eigenvalue weighted by atomic mass is 127. The molecule has 1 aliphatic carbocycles. The number of Topliss-reactive ketones (excluding diaryl/α,β-unsaturated/α-hetero) is 1. The number of nitrogens with zero attached hydrogens (tertiary/aromatic N) is 1. The molecule has 0 amide bonds. The van der Waals surface area contributed by atoms with Gasteiger partial charge in [-0.25, -0.2) is 0 Å². The minimum absolute atomic E-state index is 0.354. The monoisotopic (exact) mass is 323 g/mol. The number of hydrogen-bond acceptors (Lipinski definition) is 2. The summed E-state index contributed by atoms with van der Waals surface area (Å²) in [5.74, 6) is 0.836. The summed E-state index contributed by atoms with van der Waals surface area (Å²) >= 11 is 2.54. The largest absolute Gasteiger partial charge is 0.309 e. The van der Waals surface area contributed by atoms with Crippen LogP contribution in [0.3, 0.4) is 0 Å². The van der Waals surface area contributed by atoms with Crippen LogP contribution in [0.5, 0.6) is 0 Å². The number of rotatable bonds is 4. The van der Waals surface area contributed by atoms with E-state index in [1.165, 1.54) is 12.8 Å². The molecule has 0 atom stereocenters. The van der Waals surface area contributed by atoms with Crippen molar-refractivity contribution >= 4 is 28.4 Å². The van der Waals surface area contributed by atoms with Crippen LogP contribution >= 0.6 is 22.6 Å². The molecule has 1 saturated carbocycles. The summed E-state index contributed by atoms with van der Waals surface area (Å²) in [5, 5.41) is 0. The van der Waals surface area contributed by atoms with E-state index < -0.39 is 0 Å². The molecule has 0 bridgehead atoms. The Balaban J connectivity index is 2.30. The molecule has 0 aliphatic heterocycles. The van der Waals surface area contributed by atoms with Crippen molar-refractivity contribution in [3.8, 4) is 0 Å². The van der Waals surface area contributed by atoms with Crippen LogP contribution in [0.15, 0.2) is 0 Å². The summed E-state index contributed by atoms with van der Waals surface area (Å²) in [6.07, 6.45) is 5.34. The standard InChI is InChI=1S/C12H22INO/c1-12(13)7-4-10(5-8-12)11(15)6-9-14(2)3/h10H,4-9H2,1-3H3. The van der Waals surface area contributed by atoms with E-state index in [2.05, 4.69) is 34.4 Å². The molecule has 0 N–H and O–H groups in total. The maximum Gasteiger partial charge on any atom is 0.137 e. The quantitative estimate of drug-likeness (QED) is 0.586.